The average molecular weight is 379 g/mol. The van der Waals surface area contributed by atoms with Crippen LogP contribution in [0.25, 0.3) is 0 Å². The minimum atomic E-state index is -0.526. The van der Waals surface area contributed by atoms with Crippen molar-refractivity contribution >= 4 is 11.3 Å². The van der Waals surface area contributed by atoms with Crippen molar-refractivity contribution in [2.24, 2.45) is 11.8 Å². The first-order chi connectivity index (χ1) is 12.5. The number of aliphatic hydroxyl groups excluding tert-OH is 3. The highest BCUT2D eigenvalue weighted by Crippen LogP contribution is 2.36. The highest BCUT2D eigenvalue weighted by atomic mass is 32.1. The number of thiophene rings is 1. The number of aliphatic hydroxyl groups is 3. The Morgan fingerprint density at radius 2 is 2.08 bits per heavy atom. The van der Waals surface area contributed by atoms with E-state index in [0.717, 1.165) is 19.3 Å². The standard InChI is InChI=1S/C22H34O3S/c1-3-4-5-6-7-8-18-19(21(25)15-20(18)24)11-9-17(23)10-12-22-16(2)13-14-26-22/h6-7,9,11,13-14,17-21,23-25H,3-5,8,10,12,15H2,1-2H3/b7-6-,11-9+/t17-,18-,19-,20+,21-/m1/s1. The molecule has 1 fully saturated rings. The van der Waals surface area contributed by atoms with E-state index >= 15 is 0 Å². The lowest BCUT2D eigenvalue weighted by molar-refractivity contribution is 0.120. The zero-order valence-electron chi connectivity index (χ0n) is 16.1. The van der Waals surface area contributed by atoms with E-state index in [1.54, 1.807) is 11.3 Å². The van der Waals surface area contributed by atoms with Crippen LogP contribution in [-0.4, -0.2) is 33.6 Å². The molecule has 5 atom stereocenters. The lowest BCUT2D eigenvalue weighted by Gasteiger charge is -2.19. The summed E-state index contributed by atoms with van der Waals surface area (Å²) >= 11 is 1.73. The molecule has 0 aromatic carbocycles. The Hall–Kier alpha value is -0.940. The summed E-state index contributed by atoms with van der Waals surface area (Å²) in [4.78, 5) is 1.32. The first kappa shape index (κ1) is 21.4. The molecule has 4 heteroatoms. The van der Waals surface area contributed by atoms with E-state index in [9.17, 15) is 15.3 Å². The fourth-order valence-electron chi connectivity index (χ4n) is 3.69. The first-order valence-corrected chi connectivity index (χ1v) is 10.8. The third-order valence-electron chi connectivity index (χ3n) is 5.41. The Morgan fingerprint density at radius 1 is 1.27 bits per heavy atom. The number of hydrogen-bond acceptors (Lipinski definition) is 4. The van der Waals surface area contributed by atoms with Crippen molar-refractivity contribution in [1.82, 2.24) is 0 Å². The third-order valence-corrected chi connectivity index (χ3v) is 6.49. The Morgan fingerprint density at radius 3 is 2.77 bits per heavy atom. The number of hydrogen-bond donors (Lipinski definition) is 3. The van der Waals surface area contributed by atoms with Crippen LogP contribution in [-0.2, 0) is 6.42 Å². The number of aryl methyl sites for hydroxylation is 2. The number of rotatable bonds is 10. The average Bonchev–Trinajstić information content (AvgIpc) is 3.13. The predicted octanol–water partition coefficient (Wildman–Crippen LogP) is 4.40. The van der Waals surface area contributed by atoms with Crippen LogP contribution in [0.4, 0.5) is 0 Å². The van der Waals surface area contributed by atoms with Crippen LogP contribution < -0.4 is 0 Å². The molecule has 1 saturated carbocycles. The lowest BCUT2D eigenvalue weighted by atomic mass is 9.89. The maximum atomic E-state index is 10.3. The molecule has 146 valence electrons. The summed E-state index contributed by atoms with van der Waals surface area (Å²) in [6.07, 6.45) is 12.7. The molecule has 0 aliphatic heterocycles. The SMILES string of the molecule is CCCC/C=C\C[C@@H]1[C@@H](/C=C/[C@@H](O)CCc2sccc2C)[C@H](O)C[C@@H]1O. The molecule has 0 unspecified atom stereocenters. The van der Waals surface area contributed by atoms with Gasteiger partial charge in [0, 0.05) is 17.2 Å². The molecule has 1 heterocycles. The van der Waals surface area contributed by atoms with Gasteiger partial charge in [0.05, 0.1) is 18.3 Å². The van der Waals surface area contributed by atoms with Crippen molar-refractivity contribution in [3.05, 3.63) is 46.2 Å². The Labute approximate surface area is 162 Å². The predicted molar refractivity (Wildman–Crippen MR) is 109 cm³/mol. The van der Waals surface area contributed by atoms with Crippen LogP contribution in [0, 0.1) is 18.8 Å². The van der Waals surface area contributed by atoms with Gasteiger partial charge < -0.3 is 15.3 Å². The van der Waals surface area contributed by atoms with E-state index in [-0.39, 0.29) is 11.8 Å². The number of allylic oxidation sites excluding steroid dienone is 2. The second kappa shape index (κ2) is 11.0. The second-order valence-corrected chi connectivity index (χ2v) is 8.48. The van der Waals surface area contributed by atoms with Gasteiger partial charge in [-0.15, -0.1) is 11.3 Å². The molecule has 0 bridgehead atoms. The Balaban J connectivity index is 1.86. The molecule has 0 amide bonds. The summed E-state index contributed by atoms with van der Waals surface area (Å²) < 4.78 is 0. The van der Waals surface area contributed by atoms with Crippen molar-refractivity contribution in [2.75, 3.05) is 0 Å². The molecule has 3 nitrogen and oxygen atoms in total. The van der Waals surface area contributed by atoms with Crippen molar-refractivity contribution in [1.29, 1.82) is 0 Å². The van der Waals surface area contributed by atoms with Crippen LogP contribution in [0.15, 0.2) is 35.8 Å². The van der Waals surface area contributed by atoms with E-state index < -0.39 is 18.3 Å². The van der Waals surface area contributed by atoms with Crippen molar-refractivity contribution in [2.45, 2.75) is 77.1 Å². The Bertz CT molecular complexity index is 578. The molecular weight excluding hydrogens is 344 g/mol. The van der Waals surface area contributed by atoms with Crippen LogP contribution in [0.2, 0.25) is 0 Å². The second-order valence-electron chi connectivity index (χ2n) is 7.48. The molecule has 1 aliphatic carbocycles. The van der Waals surface area contributed by atoms with Crippen molar-refractivity contribution in [3.63, 3.8) is 0 Å². The Kier molecular flexibility index (Phi) is 9.06. The zero-order valence-corrected chi connectivity index (χ0v) is 16.9. The largest absolute Gasteiger partial charge is 0.393 e. The van der Waals surface area contributed by atoms with Gasteiger partial charge in [-0.05, 0) is 55.5 Å². The van der Waals surface area contributed by atoms with E-state index in [1.807, 2.05) is 12.2 Å². The van der Waals surface area contributed by atoms with Gasteiger partial charge in [-0.1, -0.05) is 44.1 Å². The summed E-state index contributed by atoms with van der Waals surface area (Å²) in [5.41, 5.74) is 1.29. The molecule has 1 aliphatic rings. The minimum absolute atomic E-state index is 0.0332. The molecule has 2 rings (SSSR count). The molecule has 1 aromatic heterocycles. The lowest BCUT2D eigenvalue weighted by Crippen LogP contribution is -2.20. The van der Waals surface area contributed by atoms with E-state index in [0.29, 0.717) is 12.8 Å². The quantitative estimate of drug-likeness (QED) is 0.418. The fraction of sp³-hybridized carbons (Fsp3) is 0.636. The third kappa shape index (κ3) is 6.34. The van der Waals surface area contributed by atoms with Crippen LogP contribution >= 0.6 is 11.3 Å². The van der Waals surface area contributed by atoms with Gasteiger partial charge in [0.15, 0.2) is 0 Å². The summed E-state index contributed by atoms with van der Waals surface area (Å²) in [5, 5.41) is 32.9. The van der Waals surface area contributed by atoms with Crippen molar-refractivity contribution < 1.29 is 15.3 Å². The maximum Gasteiger partial charge on any atom is 0.0724 e. The van der Waals surface area contributed by atoms with Crippen LogP contribution in [0.5, 0.6) is 0 Å². The first-order valence-electron chi connectivity index (χ1n) is 9.93. The van der Waals surface area contributed by atoms with Gasteiger partial charge in [-0.3, -0.25) is 0 Å². The topological polar surface area (TPSA) is 60.7 Å². The van der Waals surface area contributed by atoms with E-state index in [2.05, 4.69) is 37.4 Å². The monoisotopic (exact) mass is 378 g/mol. The molecule has 0 spiro atoms. The van der Waals surface area contributed by atoms with E-state index in [4.69, 9.17) is 0 Å². The summed E-state index contributed by atoms with van der Waals surface area (Å²) in [5.74, 6) is -0.0511. The summed E-state index contributed by atoms with van der Waals surface area (Å²) in [7, 11) is 0. The van der Waals surface area contributed by atoms with Gasteiger partial charge in [-0.2, -0.15) is 0 Å². The molecule has 26 heavy (non-hydrogen) atoms. The van der Waals surface area contributed by atoms with E-state index in [1.165, 1.54) is 23.3 Å². The van der Waals surface area contributed by atoms with Gasteiger partial charge in [0.1, 0.15) is 0 Å². The molecule has 1 aromatic rings. The minimum Gasteiger partial charge on any atom is -0.393 e. The zero-order chi connectivity index (χ0) is 18.9. The highest BCUT2D eigenvalue weighted by molar-refractivity contribution is 7.10. The highest BCUT2D eigenvalue weighted by Gasteiger charge is 2.39. The van der Waals surface area contributed by atoms with Crippen LogP contribution in [0.3, 0.4) is 0 Å². The fourth-order valence-corrected chi connectivity index (χ4v) is 4.62. The summed E-state index contributed by atoms with van der Waals surface area (Å²) in [6.45, 7) is 4.28. The maximum absolute atomic E-state index is 10.3. The number of unbranched alkanes of at least 4 members (excludes halogenated alkanes) is 2. The molecule has 3 N–H and O–H groups in total. The van der Waals surface area contributed by atoms with Crippen molar-refractivity contribution in [3.8, 4) is 0 Å². The molecule has 0 radical (unpaired) electrons. The smallest absolute Gasteiger partial charge is 0.0724 e. The van der Waals surface area contributed by atoms with Gasteiger partial charge in [0.2, 0.25) is 0 Å². The van der Waals surface area contributed by atoms with Gasteiger partial charge in [0.25, 0.3) is 0 Å². The molecular formula is C22H34O3S. The summed E-state index contributed by atoms with van der Waals surface area (Å²) in [6, 6.07) is 2.11. The molecule has 0 saturated heterocycles. The van der Waals surface area contributed by atoms with Crippen LogP contribution in [0.1, 0.15) is 55.9 Å². The van der Waals surface area contributed by atoms with Gasteiger partial charge in [-0.25, -0.2) is 0 Å². The van der Waals surface area contributed by atoms with Gasteiger partial charge >= 0.3 is 0 Å². The normalized spacial score (nSPS) is 27.7.